The molecule has 0 N–H and O–H groups in total. The average Bonchev–Trinajstić information content (AvgIpc) is 2.40. The van der Waals surface area contributed by atoms with Crippen molar-refractivity contribution in [1.82, 2.24) is 0 Å². The summed E-state index contributed by atoms with van der Waals surface area (Å²) in [7, 11) is 1.72. The first-order valence-corrected chi connectivity index (χ1v) is 7.54. The van der Waals surface area contributed by atoms with E-state index in [1.807, 2.05) is 6.07 Å². The fourth-order valence-electron chi connectivity index (χ4n) is 2.79. The Morgan fingerprint density at radius 2 is 2.05 bits per heavy atom. The molecule has 1 aliphatic carbocycles. The standard InChI is InChI=1S/C17H17BrO/c1-19-14-7-4-5-12(9-14)10-17(18)16-11-13-6-2-3-8-15(13)16/h2-9,16-17H,10-11H2,1H3. The highest BCUT2D eigenvalue weighted by Gasteiger charge is 2.31. The molecule has 2 aromatic carbocycles. The molecule has 0 fully saturated rings. The number of halogens is 1. The molecule has 0 saturated heterocycles. The molecular formula is C17H17BrO. The molecule has 0 aliphatic heterocycles. The quantitative estimate of drug-likeness (QED) is 0.762. The SMILES string of the molecule is COc1cccc(CC(Br)C2Cc3ccccc32)c1. The minimum Gasteiger partial charge on any atom is -0.497 e. The lowest BCUT2D eigenvalue weighted by molar-refractivity contribution is 0.414. The monoisotopic (exact) mass is 316 g/mol. The minimum absolute atomic E-state index is 0.495. The maximum atomic E-state index is 5.28. The van der Waals surface area contributed by atoms with Gasteiger partial charge in [0.05, 0.1) is 7.11 Å². The maximum absolute atomic E-state index is 5.28. The molecule has 19 heavy (non-hydrogen) atoms. The normalized spacial score (nSPS) is 18.3. The van der Waals surface area contributed by atoms with Crippen LogP contribution in [0, 0.1) is 0 Å². The third-order valence-electron chi connectivity index (χ3n) is 3.90. The Balaban J connectivity index is 1.71. The lowest BCUT2D eigenvalue weighted by Gasteiger charge is -2.34. The molecule has 0 saturated carbocycles. The van der Waals surface area contributed by atoms with E-state index < -0.39 is 0 Å². The maximum Gasteiger partial charge on any atom is 0.119 e. The van der Waals surface area contributed by atoms with Crippen LogP contribution in [0.4, 0.5) is 0 Å². The lowest BCUT2D eigenvalue weighted by Crippen LogP contribution is -2.26. The highest BCUT2D eigenvalue weighted by molar-refractivity contribution is 9.09. The van der Waals surface area contributed by atoms with Crippen LogP contribution in [0.25, 0.3) is 0 Å². The number of hydrogen-bond donors (Lipinski definition) is 0. The largest absolute Gasteiger partial charge is 0.497 e. The minimum atomic E-state index is 0.495. The number of methoxy groups -OCH3 is 1. The fourth-order valence-corrected chi connectivity index (χ4v) is 3.63. The molecule has 2 atom stereocenters. The first kappa shape index (κ1) is 12.7. The molecule has 1 aliphatic rings. The van der Waals surface area contributed by atoms with Gasteiger partial charge in [-0.15, -0.1) is 0 Å². The molecule has 2 heteroatoms. The lowest BCUT2D eigenvalue weighted by atomic mass is 9.75. The van der Waals surface area contributed by atoms with Crippen molar-refractivity contribution in [3.8, 4) is 5.75 Å². The van der Waals surface area contributed by atoms with Gasteiger partial charge in [0.2, 0.25) is 0 Å². The molecule has 2 unspecified atom stereocenters. The molecule has 0 radical (unpaired) electrons. The van der Waals surface area contributed by atoms with Crippen molar-refractivity contribution in [3.63, 3.8) is 0 Å². The van der Waals surface area contributed by atoms with Crippen molar-refractivity contribution in [2.24, 2.45) is 0 Å². The van der Waals surface area contributed by atoms with Crippen molar-refractivity contribution in [2.75, 3.05) is 7.11 Å². The van der Waals surface area contributed by atoms with Gasteiger partial charge in [0.1, 0.15) is 5.75 Å². The number of benzene rings is 2. The van der Waals surface area contributed by atoms with E-state index in [0.717, 1.165) is 12.2 Å². The van der Waals surface area contributed by atoms with Crippen LogP contribution >= 0.6 is 15.9 Å². The van der Waals surface area contributed by atoms with E-state index in [9.17, 15) is 0 Å². The third kappa shape index (κ3) is 2.55. The van der Waals surface area contributed by atoms with E-state index in [0.29, 0.717) is 10.7 Å². The molecule has 0 amide bonds. The van der Waals surface area contributed by atoms with Crippen molar-refractivity contribution >= 4 is 15.9 Å². The van der Waals surface area contributed by atoms with Crippen molar-refractivity contribution < 1.29 is 4.74 Å². The number of rotatable bonds is 4. The van der Waals surface area contributed by atoms with Crippen LogP contribution in [0.5, 0.6) is 5.75 Å². The average molecular weight is 317 g/mol. The Morgan fingerprint density at radius 3 is 2.84 bits per heavy atom. The van der Waals surface area contributed by atoms with Gasteiger partial charge in [-0.3, -0.25) is 0 Å². The van der Waals surface area contributed by atoms with Gasteiger partial charge in [0.15, 0.2) is 0 Å². The van der Waals surface area contributed by atoms with Gasteiger partial charge < -0.3 is 4.74 Å². The molecule has 0 aromatic heterocycles. The molecule has 0 bridgehead atoms. The zero-order valence-electron chi connectivity index (χ0n) is 11.0. The number of hydrogen-bond acceptors (Lipinski definition) is 1. The van der Waals surface area contributed by atoms with Crippen molar-refractivity contribution in [3.05, 3.63) is 65.2 Å². The van der Waals surface area contributed by atoms with Gasteiger partial charge in [-0.2, -0.15) is 0 Å². The zero-order valence-corrected chi connectivity index (χ0v) is 12.6. The zero-order chi connectivity index (χ0) is 13.2. The van der Waals surface area contributed by atoms with Crippen molar-refractivity contribution in [1.29, 1.82) is 0 Å². The van der Waals surface area contributed by atoms with Gasteiger partial charge in [-0.05, 0) is 41.7 Å². The number of alkyl halides is 1. The summed E-state index contributed by atoms with van der Waals surface area (Å²) in [4.78, 5) is 0.495. The predicted molar refractivity (Wildman–Crippen MR) is 82.3 cm³/mol. The number of ether oxygens (including phenoxy) is 1. The summed E-state index contributed by atoms with van der Waals surface area (Å²) < 4.78 is 5.28. The van der Waals surface area contributed by atoms with E-state index >= 15 is 0 Å². The van der Waals surface area contributed by atoms with Crippen LogP contribution in [-0.4, -0.2) is 11.9 Å². The summed E-state index contributed by atoms with van der Waals surface area (Å²) >= 11 is 3.87. The topological polar surface area (TPSA) is 9.23 Å². The van der Waals surface area contributed by atoms with Gasteiger partial charge in [0, 0.05) is 10.7 Å². The summed E-state index contributed by atoms with van der Waals surface area (Å²) in [6, 6.07) is 17.1. The molecule has 0 spiro atoms. The van der Waals surface area contributed by atoms with Gasteiger partial charge in [-0.1, -0.05) is 52.3 Å². The highest BCUT2D eigenvalue weighted by Crippen LogP contribution is 2.41. The number of fused-ring (bicyclic) bond motifs is 1. The Morgan fingerprint density at radius 1 is 1.21 bits per heavy atom. The molecule has 0 heterocycles. The fraction of sp³-hybridized carbons (Fsp3) is 0.294. The van der Waals surface area contributed by atoms with E-state index in [2.05, 4.69) is 58.4 Å². The second-order valence-electron chi connectivity index (χ2n) is 5.08. The molecule has 3 rings (SSSR count). The molecule has 98 valence electrons. The van der Waals surface area contributed by atoms with Crippen LogP contribution < -0.4 is 4.74 Å². The molecular weight excluding hydrogens is 300 g/mol. The third-order valence-corrected chi connectivity index (χ3v) is 4.86. The van der Waals surface area contributed by atoms with Crippen LogP contribution in [-0.2, 0) is 12.8 Å². The van der Waals surface area contributed by atoms with Crippen molar-refractivity contribution in [2.45, 2.75) is 23.6 Å². The van der Waals surface area contributed by atoms with Gasteiger partial charge in [0.25, 0.3) is 0 Å². The molecule has 1 nitrogen and oxygen atoms in total. The Hall–Kier alpha value is -1.28. The van der Waals surface area contributed by atoms with E-state index in [1.54, 1.807) is 7.11 Å². The molecule has 2 aromatic rings. The summed E-state index contributed by atoms with van der Waals surface area (Å²) in [6.07, 6.45) is 2.23. The summed E-state index contributed by atoms with van der Waals surface area (Å²) in [5.74, 6) is 1.58. The first-order chi connectivity index (χ1) is 9.28. The smallest absolute Gasteiger partial charge is 0.119 e. The second kappa shape index (κ2) is 5.38. The van der Waals surface area contributed by atoms with Crippen LogP contribution in [0.2, 0.25) is 0 Å². The first-order valence-electron chi connectivity index (χ1n) is 6.62. The van der Waals surface area contributed by atoms with Crippen LogP contribution in [0.15, 0.2) is 48.5 Å². The van der Waals surface area contributed by atoms with Gasteiger partial charge in [-0.25, -0.2) is 0 Å². The Labute approximate surface area is 122 Å². The summed E-state index contributed by atoms with van der Waals surface area (Å²) in [6.45, 7) is 0. The van der Waals surface area contributed by atoms with E-state index in [1.165, 1.54) is 23.1 Å². The van der Waals surface area contributed by atoms with E-state index in [4.69, 9.17) is 4.74 Å². The summed E-state index contributed by atoms with van der Waals surface area (Å²) in [5, 5.41) is 0. The second-order valence-corrected chi connectivity index (χ2v) is 6.26. The van der Waals surface area contributed by atoms with Crippen LogP contribution in [0.3, 0.4) is 0 Å². The summed E-state index contributed by atoms with van der Waals surface area (Å²) in [5.41, 5.74) is 4.33. The van der Waals surface area contributed by atoms with Gasteiger partial charge >= 0.3 is 0 Å². The van der Waals surface area contributed by atoms with Crippen LogP contribution in [0.1, 0.15) is 22.6 Å². The predicted octanol–water partition coefficient (Wildman–Crippen LogP) is 4.34. The Kier molecular flexibility index (Phi) is 3.61. The highest BCUT2D eigenvalue weighted by atomic mass is 79.9. The Bertz CT molecular complexity index is 579. The van der Waals surface area contributed by atoms with E-state index in [-0.39, 0.29) is 0 Å².